The third-order valence-electron chi connectivity index (χ3n) is 4.43. The van der Waals surface area contributed by atoms with Crippen LogP contribution in [-0.2, 0) is 4.74 Å². The van der Waals surface area contributed by atoms with Crippen molar-refractivity contribution in [2.75, 3.05) is 46.4 Å². The predicted molar refractivity (Wildman–Crippen MR) is 70.1 cm³/mol. The molecule has 2 aliphatic rings. The molecule has 17 heavy (non-hydrogen) atoms. The van der Waals surface area contributed by atoms with Crippen molar-refractivity contribution in [1.82, 2.24) is 9.80 Å². The topological polar surface area (TPSA) is 41.7 Å². The summed E-state index contributed by atoms with van der Waals surface area (Å²) in [6, 6.07) is 0. The van der Waals surface area contributed by atoms with E-state index in [1.165, 1.54) is 32.4 Å². The summed E-state index contributed by atoms with van der Waals surface area (Å²) < 4.78 is 5.65. The van der Waals surface area contributed by atoms with Crippen LogP contribution in [0.1, 0.15) is 26.2 Å². The first-order chi connectivity index (χ1) is 8.16. The first kappa shape index (κ1) is 13.3. The lowest BCUT2D eigenvalue weighted by Gasteiger charge is -2.46. The Labute approximate surface area is 105 Å². The van der Waals surface area contributed by atoms with Gasteiger partial charge < -0.3 is 15.4 Å². The zero-order valence-corrected chi connectivity index (χ0v) is 11.3. The molecule has 2 unspecified atom stereocenters. The maximum Gasteiger partial charge on any atom is 0.0674 e. The van der Waals surface area contributed by atoms with Crippen LogP contribution in [0.4, 0.5) is 0 Å². The molecule has 2 fully saturated rings. The van der Waals surface area contributed by atoms with Crippen LogP contribution in [0.5, 0.6) is 0 Å². The van der Waals surface area contributed by atoms with E-state index in [1.807, 2.05) is 0 Å². The van der Waals surface area contributed by atoms with Gasteiger partial charge in [0.2, 0.25) is 0 Å². The van der Waals surface area contributed by atoms with Gasteiger partial charge in [-0.2, -0.15) is 0 Å². The zero-order chi connectivity index (χ0) is 12.3. The van der Waals surface area contributed by atoms with Gasteiger partial charge in [0, 0.05) is 25.2 Å². The Hall–Kier alpha value is -0.160. The highest BCUT2D eigenvalue weighted by molar-refractivity contribution is 4.95. The van der Waals surface area contributed by atoms with Crippen LogP contribution < -0.4 is 5.73 Å². The number of likely N-dealkylation sites (tertiary alicyclic amines) is 1. The first-order valence-electron chi connectivity index (χ1n) is 6.91. The van der Waals surface area contributed by atoms with Crippen molar-refractivity contribution < 1.29 is 4.74 Å². The van der Waals surface area contributed by atoms with Crippen LogP contribution in [-0.4, -0.2) is 67.8 Å². The van der Waals surface area contributed by atoms with Gasteiger partial charge in [0.25, 0.3) is 0 Å². The van der Waals surface area contributed by atoms with E-state index in [2.05, 4.69) is 23.8 Å². The lowest BCUT2D eigenvalue weighted by atomic mass is 9.87. The molecule has 2 saturated heterocycles. The monoisotopic (exact) mass is 241 g/mol. The summed E-state index contributed by atoms with van der Waals surface area (Å²) in [5, 5.41) is 0. The summed E-state index contributed by atoms with van der Waals surface area (Å²) in [4.78, 5) is 5.03. The fourth-order valence-electron chi connectivity index (χ4n) is 3.21. The number of nitrogens with two attached hydrogens (primary N) is 1. The van der Waals surface area contributed by atoms with Crippen molar-refractivity contribution in [2.45, 2.75) is 37.8 Å². The maximum atomic E-state index is 6.13. The molecule has 2 atom stereocenters. The fourth-order valence-corrected chi connectivity index (χ4v) is 3.21. The van der Waals surface area contributed by atoms with Gasteiger partial charge in [0.05, 0.1) is 12.7 Å². The molecule has 0 aliphatic carbocycles. The Morgan fingerprint density at radius 2 is 2.12 bits per heavy atom. The molecule has 0 aromatic heterocycles. The van der Waals surface area contributed by atoms with E-state index in [-0.39, 0.29) is 5.54 Å². The van der Waals surface area contributed by atoms with Gasteiger partial charge in [-0.15, -0.1) is 0 Å². The maximum absolute atomic E-state index is 6.13. The van der Waals surface area contributed by atoms with Crippen LogP contribution in [0.15, 0.2) is 0 Å². The highest BCUT2D eigenvalue weighted by Crippen LogP contribution is 2.29. The molecule has 2 aliphatic heterocycles. The van der Waals surface area contributed by atoms with Gasteiger partial charge in [0.15, 0.2) is 0 Å². The molecule has 100 valence electrons. The van der Waals surface area contributed by atoms with Crippen LogP contribution in [0.25, 0.3) is 0 Å². The molecule has 0 saturated carbocycles. The number of hydrogen-bond donors (Lipinski definition) is 1. The zero-order valence-electron chi connectivity index (χ0n) is 11.3. The van der Waals surface area contributed by atoms with E-state index in [1.54, 1.807) is 0 Å². The van der Waals surface area contributed by atoms with E-state index in [0.29, 0.717) is 6.10 Å². The highest BCUT2D eigenvalue weighted by atomic mass is 16.5. The van der Waals surface area contributed by atoms with E-state index in [0.717, 1.165) is 26.2 Å². The second kappa shape index (κ2) is 5.65. The normalized spacial score (nSPS) is 37.9. The average molecular weight is 241 g/mol. The van der Waals surface area contributed by atoms with Crippen molar-refractivity contribution in [3.63, 3.8) is 0 Å². The molecule has 0 amide bonds. The largest absolute Gasteiger partial charge is 0.376 e. The van der Waals surface area contributed by atoms with E-state index >= 15 is 0 Å². The average Bonchev–Trinajstić information content (AvgIpc) is 2.52. The molecule has 0 bridgehead atoms. The molecular weight excluding hydrogens is 214 g/mol. The SMILES string of the molecule is CC1CN(C2(CN)CCCN(C)CC2)CCO1. The molecule has 0 aromatic rings. The molecule has 4 heteroatoms. The number of hydrogen-bond acceptors (Lipinski definition) is 4. The summed E-state index contributed by atoms with van der Waals surface area (Å²) >= 11 is 0. The Balaban J connectivity index is 2.06. The number of ether oxygens (including phenoxy) is 1. The summed E-state index contributed by atoms with van der Waals surface area (Å²) in [5.41, 5.74) is 6.35. The minimum absolute atomic E-state index is 0.225. The Morgan fingerprint density at radius 1 is 1.29 bits per heavy atom. The van der Waals surface area contributed by atoms with Gasteiger partial charge in [-0.1, -0.05) is 0 Å². The molecule has 2 N–H and O–H groups in total. The van der Waals surface area contributed by atoms with Crippen LogP contribution in [0.2, 0.25) is 0 Å². The van der Waals surface area contributed by atoms with Crippen molar-refractivity contribution in [3.8, 4) is 0 Å². The highest BCUT2D eigenvalue weighted by Gasteiger charge is 2.38. The van der Waals surface area contributed by atoms with Gasteiger partial charge in [-0.25, -0.2) is 0 Å². The molecule has 2 heterocycles. The fraction of sp³-hybridized carbons (Fsp3) is 1.00. The second-order valence-electron chi connectivity index (χ2n) is 5.71. The molecule has 2 rings (SSSR count). The first-order valence-corrected chi connectivity index (χ1v) is 6.91. The third-order valence-corrected chi connectivity index (χ3v) is 4.43. The van der Waals surface area contributed by atoms with Gasteiger partial charge in [0.1, 0.15) is 0 Å². The van der Waals surface area contributed by atoms with Crippen LogP contribution >= 0.6 is 0 Å². The summed E-state index contributed by atoms with van der Waals surface area (Å²) in [7, 11) is 2.22. The summed E-state index contributed by atoms with van der Waals surface area (Å²) in [6.45, 7) is 8.28. The van der Waals surface area contributed by atoms with Crippen molar-refractivity contribution in [1.29, 1.82) is 0 Å². The van der Waals surface area contributed by atoms with Crippen LogP contribution in [0.3, 0.4) is 0 Å². The van der Waals surface area contributed by atoms with E-state index in [9.17, 15) is 0 Å². The Bertz CT molecular complexity index is 249. The lowest BCUT2D eigenvalue weighted by Crippen LogP contribution is -2.59. The van der Waals surface area contributed by atoms with Gasteiger partial charge in [-0.3, -0.25) is 4.90 Å². The molecule has 0 spiro atoms. The molecular formula is C13H27N3O. The van der Waals surface area contributed by atoms with Gasteiger partial charge >= 0.3 is 0 Å². The smallest absolute Gasteiger partial charge is 0.0674 e. The van der Waals surface area contributed by atoms with Crippen molar-refractivity contribution in [3.05, 3.63) is 0 Å². The second-order valence-corrected chi connectivity index (χ2v) is 5.71. The minimum Gasteiger partial charge on any atom is -0.376 e. The van der Waals surface area contributed by atoms with Crippen molar-refractivity contribution in [2.24, 2.45) is 5.73 Å². The minimum atomic E-state index is 0.225. The van der Waals surface area contributed by atoms with Gasteiger partial charge in [-0.05, 0) is 46.3 Å². The predicted octanol–water partition coefficient (Wildman–Crippen LogP) is 0.520. The Kier molecular flexibility index (Phi) is 4.42. The van der Waals surface area contributed by atoms with E-state index in [4.69, 9.17) is 10.5 Å². The van der Waals surface area contributed by atoms with E-state index < -0.39 is 0 Å². The van der Waals surface area contributed by atoms with Crippen molar-refractivity contribution >= 4 is 0 Å². The number of morpholine rings is 1. The number of rotatable bonds is 2. The molecule has 0 radical (unpaired) electrons. The summed E-state index contributed by atoms with van der Waals surface area (Å²) in [5.74, 6) is 0. The standard InChI is InChI=1S/C13H27N3O/c1-12-10-16(8-9-17-12)13(11-14)4-3-6-15(2)7-5-13/h12H,3-11,14H2,1-2H3. The quantitative estimate of drug-likeness (QED) is 0.765. The lowest BCUT2D eigenvalue weighted by molar-refractivity contribution is -0.0644. The Morgan fingerprint density at radius 3 is 2.82 bits per heavy atom. The van der Waals surface area contributed by atoms with Crippen LogP contribution in [0, 0.1) is 0 Å². The molecule has 4 nitrogen and oxygen atoms in total. The summed E-state index contributed by atoms with van der Waals surface area (Å²) in [6.07, 6.45) is 4.06. The molecule has 0 aromatic carbocycles. The number of nitrogens with zero attached hydrogens (tertiary/aromatic N) is 2. The third kappa shape index (κ3) is 2.99.